The summed E-state index contributed by atoms with van der Waals surface area (Å²) in [4.78, 5) is 25.9. The second-order valence-electron chi connectivity index (χ2n) is 6.85. The van der Waals surface area contributed by atoms with Crippen molar-refractivity contribution in [2.75, 3.05) is 18.1 Å². The minimum absolute atomic E-state index is 0.343. The van der Waals surface area contributed by atoms with Gasteiger partial charge in [0.25, 0.3) is 11.7 Å². The number of hydrogen-bond acceptors (Lipinski definition) is 3. The average Bonchev–Trinajstić information content (AvgIpc) is 2.79. The van der Waals surface area contributed by atoms with Crippen molar-refractivity contribution in [3.63, 3.8) is 0 Å². The van der Waals surface area contributed by atoms with Crippen LogP contribution in [-0.2, 0) is 4.79 Å². The Bertz CT molecular complexity index is 839. The Morgan fingerprint density at radius 3 is 2.40 bits per heavy atom. The SMILES string of the molecule is Cc1ccc(C(C)C)c(OCCN2C(=O)C(=O)c3cc(C)ccc32)c1. The van der Waals surface area contributed by atoms with Crippen molar-refractivity contribution < 1.29 is 14.3 Å². The number of nitrogens with zero attached hydrogens (tertiary/aromatic N) is 1. The number of anilines is 1. The van der Waals surface area contributed by atoms with E-state index in [2.05, 4.69) is 26.0 Å². The fourth-order valence-corrected chi connectivity index (χ4v) is 3.13. The van der Waals surface area contributed by atoms with Gasteiger partial charge in [0.15, 0.2) is 0 Å². The van der Waals surface area contributed by atoms with Gasteiger partial charge < -0.3 is 9.64 Å². The third-order valence-corrected chi connectivity index (χ3v) is 4.49. The molecule has 0 saturated carbocycles. The molecule has 0 fully saturated rings. The fourth-order valence-electron chi connectivity index (χ4n) is 3.13. The monoisotopic (exact) mass is 337 g/mol. The molecule has 1 amide bonds. The van der Waals surface area contributed by atoms with Crippen LogP contribution in [0.2, 0.25) is 0 Å². The van der Waals surface area contributed by atoms with Crippen LogP contribution in [0.25, 0.3) is 0 Å². The third-order valence-electron chi connectivity index (χ3n) is 4.49. The van der Waals surface area contributed by atoms with Gasteiger partial charge in [-0.05, 0) is 49.1 Å². The lowest BCUT2D eigenvalue weighted by Crippen LogP contribution is -2.33. The molecule has 0 aliphatic carbocycles. The van der Waals surface area contributed by atoms with Crippen LogP contribution in [-0.4, -0.2) is 24.8 Å². The molecule has 0 N–H and O–H groups in total. The smallest absolute Gasteiger partial charge is 0.299 e. The predicted molar refractivity (Wildman–Crippen MR) is 98.6 cm³/mol. The van der Waals surface area contributed by atoms with Crippen molar-refractivity contribution >= 4 is 17.4 Å². The lowest BCUT2D eigenvalue weighted by molar-refractivity contribution is -0.114. The van der Waals surface area contributed by atoms with E-state index in [0.29, 0.717) is 30.3 Å². The minimum atomic E-state index is -0.475. The van der Waals surface area contributed by atoms with E-state index in [0.717, 1.165) is 22.4 Å². The number of amides is 1. The standard InChI is InChI=1S/C21H23NO3/c1-13(2)16-7-5-15(4)12-19(16)25-10-9-22-18-8-6-14(3)11-17(18)20(23)21(22)24/h5-8,11-13H,9-10H2,1-4H3. The summed E-state index contributed by atoms with van der Waals surface area (Å²) in [5.74, 6) is 0.293. The summed E-state index contributed by atoms with van der Waals surface area (Å²) >= 11 is 0. The van der Waals surface area contributed by atoms with Crippen LogP contribution in [0.15, 0.2) is 36.4 Å². The molecule has 1 heterocycles. The van der Waals surface area contributed by atoms with Gasteiger partial charge in [-0.15, -0.1) is 0 Å². The molecule has 2 aromatic rings. The molecule has 3 rings (SSSR count). The molecule has 1 aliphatic rings. The van der Waals surface area contributed by atoms with Gasteiger partial charge in [0, 0.05) is 0 Å². The molecule has 1 aliphatic heterocycles. The zero-order chi connectivity index (χ0) is 18.1. The quantitative estimate of drug-likeness (QED) is 0.774. The topological polar surface area (TPSA) is 46.6 Å². The molecule has 0 aromatic heterocycles. The van der Waals surface area contributed by atoms with Gasteiger partial charge in [-0.2, -0.15) is 0 Å². The van der Waals surface area contributed by atoms with Gasteiger partial charge in [0.1, 0.15) is 12.4 Å². The number of ether oxygens (including phenoxy) is 1. The Morgan fingerprint density at radius 2 is 1.68 bits per heavy atom. The molecule has 4 nitrogen and oxygen atoms in total. The van der Waals surface area contributed by atoms with Crippen LogP contribution in [0.3, 0.4) is 0 Å². The maximum absolute atomic E-state index is 12.3. The van der Waals surface area contributed by atoms with Gasteiger partial charge in [-0.25, -0.2) is 0 Å². The summed E-state index contributed by atoms with van der Waals surface area (Å²) < 4.78 is 5.96. The van der Waals surface area contributed by atoms with Crippen molar-refractivity contribution in [1.29, 1.82) is 0 Å². The fraction of sp³-hybridized carbons (Fsp3) is 0.333. The van der Waals surface area contributed by atoms with Crippen LogP contribution in [0.4, 0.5) is 5.69 Å². The molecular weight excluding hydrogens is 314 g/mol. The molecule has 0 bridgehead atoms. The van der Waals surface area contributed by atoms with Crippen molar-refractivity contribution in [2.24, 2.45) is 0 Å². The normalized spacial score (nSPS) is 13.6. The van der Waals surface area contributed by atoms with Crippen molar-refractivity contribution in [2.45, 2.75) is 33.6 Å². The Morgan fingerprint density at radius 1 is 1.00 bits per heavy atom. The maximum Gasteiger partial charge on any atom is 0.299 e. The lowest BCUT2D eigenvalue weighted by Gasteiger charge is -2.19. The lowest BCUT2D eigenvalue weighted by atomic mass is 10.0. The molecule has 0 spiro atoms. The number of carbonyl (C=O) groups is 2. The number of fused-ring (bicyclic) bond motifs is 1. The second-order valence-corrected chi connectivity index (χ2v) is 6.85. The molecule has 130 valence electrons. The highest BCUT2D eigenvalue weighted by Gasteiger charge is 2.35. The molecule has 0 saturated heterocycles. The van der Waals surface area contributed by atoms with E-state index in [9.17, 15) is 9.59 Å². The number of ketones is 1. The van der Waals surface area contributed by atoms with Gasteiger partial charge >= 0.3 is 0 Å². The first kappa shape index (κ1) is 17.2. The predicted octanol–water partition coefficient (Wildman–Crippen LogP) is 4.04. The van der Waals surface area contributed by atoms with Gasteiger partial charge in [-0.3, -0.25) is 9.59 Å². The van der Waals surface area contributed by atoms with Crippen LogP contribution in [0.5, 0.6) is 5.75 Å². The number of carbonyl (C=O) groups excluding carboxylic acids is 2. The highest BCUT2D eigenvalue weighted by Crippen LogP contribution is 2.30. The highest BCUT2D eigenvalue weighted by atomic mass is 16.5. The summed E-state index contributed by atoms with van der Waals surface area (Å²) in [6.45, 7) is 8.88. The Balaban J connectivity index is 1.75. The maximum atomic E-state index is 12.3. The van der Waals surface area contributed by atoms with Gasteiger partial charge in [0.2, 0.25) is 0 Å². The van der Waals surface area contributed by atoms with Crippen LogP contribution in [0, 0.1) is 13.8 Å². The number of Topliss-reactive ketones (excluding diaryl/α,β-unsaturated/α-hetero) is 1. The summed E-state index contributed by atoms with van der Waals surface area (Å²) in [5.41, 5.74) is 4.42. The molecule has 2 aromatic carbocycles. The van der Waals surface area contributed by atoms with E-state index < -0.39 is 11.7 Å². The second kappa shape index (κ2) is 6.71. The zero-order valence-electron chi connectivity index (χ0n) is 15.1. The first-order chi connectivity index (χ1) is 11.9. The van der Waals surface area contributed by atoms with Crippen LogP contribution >= 0.6 is 0 Å². The van der Waals surface area contributed by atoms with E-state index in [1.54, 1.807) is 6.07 Å². The third kappa shape index (κ3) is 3.29. The Labute approximate surface area is 148 Å². The van der Waals surface area contributed by atoms with E-state index in [1.807, 2.05) is 32.0 Å². The van der Waals surface area contributed by atoms with E-state index in [-0.39, 0.29) is 0 Å². The minimum Gasteiger partial charge on any atom is -0.491 e. The summed E-state index contributed by atoms with van der Waals surface area (Å²) in [5, 5.41) is 0. The number of rotatable bonds is 5. The molecule has 0 unspecified atom stereocenters. The first-order valence-electron chi connectivity index (χ1n) is 8.58. The number of hydrogen-bond donors (Lipinski definition) is 0. The largest absolute Gasteiger partial charge is 0.491 e. The van der Waals surface area contributed by atoms with Crippen molar-refractivity contribution in [3.05, 3.63) is 58.7 Å². The summed E-state index contributed by atoms with van der Waals surface area (Å²) in [6, 6.07) is 11.7. The molecule has 4 heteroatoms. The Kier molecular flexibility index (Phi) is 4.62. The van der Waals surface area contributed by atoms with E-state index in [4.69, 9.17) is 4.74 Å². The van der Waals surface area contributed by atoms with Gasteiger partial charge in [0.05, 0.1) is 17.8 Å². The van der Waals surface area contributed by atoms with E-state index >= 15 is 0 Å². The summed E-state index contributed by atoms with van der Waals surface area (Å²) in [6.07, 6.45) is 0. The first-order valence-corrected chi connectivity index (χ1v) is 8.58. The zero-order valence-corrected chi connectivity index (χ0v) is 15.1. The molecule has 25 heavy (non-hydrogen) atoms. The van der Waals surface area contributed by atoms with Gasteiger partial charge in [-0.1, -0.05) is 37.6 Å². The summed E-state index contributed by atoms with van der Waals surface area (Å²) in [7, 11) is 0. The number of benzene rings is 2. The van der Waals surface area contributed by atoms with Crippen LogP contribution < -0.4 is 9.64 Å². The number of aryl methyl sites for hydroxylation is 2. The van der Waals surface area contributed by atoms with Crippen molar-refractivity contribution in [1.82, 2.24) is 0 Å². The average molecular weight is 337 g/mol. The van der Waals surface area contributed by atoms with E-state index in [1.165, 1.54) is 4.90 Å². The molecular formula is C21H23NO3. The molecule has 0 radical (unpaired) electrons. The highest BCUT2D eigenvalue weighted by molar-refractivity contribution is 6.52. The Hall–Kier alpha value is -2.62. The molecule has 0 atom stereocenters. The van der Waals surface area contributed by atoms with Crippen LogP contribution in [0.1, 0.15) is 46.8 Å². The van der Waals surface area contributed by atoms with Crippen molar-refractivity contribution in [3.8, 4) is 5.75 Å².